The smallest absolute Gasteiger partial charge is 0.355 e. The Bertz CT molecular complexity index is 1140. The van der Waals surface area contributed by atoms with E-state index in [9.17, 15) is 14.7 Å². The van der Waals surface area contributed by atoms with E-state index in [1.165, 1.54) is 0 Å². The number of ether oxygens (including phenoxy) is 1. The lowest BCUT2D eigenvalue weighted by Gasteiger charge is -2.20. The van der Waals surface area contributed by atoms with Gasteiger partial charge in [-0.15, -0.1) is 0 Å². The first kappa shape index (κ1) is 24.5. The van der Waals surface area contributed by atoms with Gasteiger partial charge >= 0.3 is 11.9 Å². The van der Waals surface area contributed by atoms with Crippen molar-refractivity contribution in [2.24, 2.45) is 0 Å². The highest BCUT2D eigenvalue weighted by Gasteiger charge is 2.22. The molecule has 0 atom stereocenters. The number of carboxylic acid groups (broad SMARTS) is 1. The second-order valence-electron chi connectivity index (χ2n) is 8.91. The van der Waals surface area contributed by atoms with Crippen molar-refractivity contribution >= 4 is 23.5 Å². The summed E-state index contributed by atoms with van der Waals surface area (Å²) in [7, 11) is 0. The number of hydrogen-bond acceptors (Lipinski definition) is 4. The van der Waals surface area contributed by atoms with Crippen LogP contribution >= 0.6 is 11.6 Å². The minimum Gasteiger partial charge on any atom is -0.476 e. The topological polar surface area (TPSA) is 81.4 Å². The molecule has 174 valence electrons. The van der Waals surface area contributed by atoms with Crippen molar-refractivity contribution < 1.29 is 19.4 Å². The van der Waals surface area contributed by atoms with Gasteiger partial charge in [0.2, 0.25) is 0 Å². The van der Waals surface area contributed by atoms with Crippen LogP contribution in [0.5, 0.6) is 0 Å². The number of unbranched alkanes of at least 4 members (excludes halogenated alkanes) is 1. The Kier molecular flexibility index (Phi) is 7.59. The van der Waals surface area contributed by atoms with E-state index < -0.39 is 11.6 Å². The third-order valence-electron chi connectivity index (χ3n) is 5.11. The number of nitrogens with zero attached hydrogens (tertiary/aromatic N) is 2. The number of halogens is 1. The molecule has 0 unspecified atom stereocenters. The van der Waals surface area contributed by atoms with E-state index in [2.05, 4.69) is 11.9 Å². The summed E-state index contributed by atoms with van der Waals surface area (Å²) in [4.78, 5) is 28.7. The number of benzene rings is 2. The van der Waals surface area contributed by atoms with Crippen molar-refractivity contribution in [1.29, 1.82) is 0 Å². The van der Waals surface area contributed by atoms with Gasteiger partial charge in [0.15, 0.2) is 10.8 Å². The Balaban J connectivity index is 1.90. The number of aromatic nitrogens is 2. The lowest BCUT2D eigenvalue weighted by Crippen LogP contribution is -2.24. The standard InChI is InChI=1S/C26H29ClN2O4/c1-5-6-11-21-28-23(27)22(24(30)31)29(21)16-17-12-14-18(15-13-17)19-9-7-8-10-20(19)25(32)33-26(2,3)4/h7-10,12-15H,5-6,11,16H2,1-4H3,(H,30,31). The minimum absolute atomic E-state index is 0.00196. The summed E-state index contributed by atoms with van der Waals surface area (Å²) in [6, 6.07) is 15.0. The zero-order valence-electron chi connectivity index (χ0n) is 19.4. The summed E-state index contributed by atoms with van der Waals surface area (Å²) in [6.07, 6.45) is 2.52. The van der Waals surface area contributed by atoms with E-state index in [1.54, 1.807) is 10.6 Å². The van der Waals surface area contributed by atoms with Gasteiger partial charge in [-0.05, 0) is 49.9 Å². The molecule has 1 N–H and O–H groups in total. The molecule has 0 aliphatic heterocycles. The van der Waals surface area contributed by atoms with Gasteiger partial charge in [0, 0.05) is 13.0 Å². The molecule has 0 bridgehead atoms. The number of rotatable bonds is 8. The van der Waals surface area contributed by atoms with Gasteiger partial charge in [0.25, 0.3) is 0 Å². The van der Waals surface area contributed by atoms with E-state index >= 15 is 0 Å². The van der Waals surface area contributed by atoms with Crippen LogP contribution in [0.3, 0.4) is 0 Å². The van der Waals surface area contributed by atoms with Crippen LogP contribution in [0, 0.1) is 0 Å². The third-order valence-corrected chi connectivity index (χ3v) is 5.38. The molecule has 0 radical (unpaired) electrons. The number of aryl methyl sites for hydroxylation is 1. The van der Waals surface area contributed by atoms with Crippen molar-refractivity contribution in [1.82, 2.24) is 9.55 Å². The average molecular weight is 469 g/mol. The van der Waals surface area contributed by atoms with Crippen LogP contribution in [0.2, 0.25) is 5.15 Å². The first-order valence-electron chi connectivity index (χ1n) is 11.0. The molecule has 6 nitrogen and oxygen atoms in total. The lowest BCUT2D eigenvalue weighted by atomic mass is 9.98. The average Bonchev–Trinajstić information content (AvgIpc) is 3.06. The molecule has 1 heterocycles. The summed E-state index contributed by atoms with van der Waals surface area (Å²) in [5, 5.41) is 9.64. The fraction of sp³-hybridized carbons (Fsp3) is 0.346. The molecule has 0 aliphatic carbocycles. The van der Waals surface area contributed by atoms with Gasteiger partial charge in [-0.1, -0.05) is 67.4 Å². The molecule has 7 heteroatoms. The Morgan fingerprint density at radius 1 is 1.09 bits per heavy atom. The second kappa shape index (κ2) is 10.2. The maximum absolute atomic E-state index is 12.7. The largest absolute Gasteiger partial charge is 0.476 e. The predicted molar refractivity (Wildman–Crippen MR) is 129 cm³/mol. The van der Waals surface area contributed by atoms with Crippen LogP contribution < -0.4 is 0 Å². The number of hydrogen-bond donors (Lipinski definition) is 1. The molecular weight excluding hydrogens is 440 g/mol. The highest BCUT2D eigenvalue weighted by Crippen LogP contribution is 2.27. The summed E-state index contributed by atoms with van der Waals surface area (Å²) in [6.45, 7) is 7.93. The van der Waals surface area contributed by atoms with E-state index in [4.69, 9.17) is 16.3 Å². The highest BCUT2D eigenvalue weighted by molar-refractivity contribution is 6.32. The predicted octanol–water partition coefficient (Wildman–Crippen LogP) is 6.25. The van der Waals surface area contributed by atoms with Crippen molar-refractivity contribution in [2.75, 3.05) is 0 Å². The summed E-state index contributed by atoms with van der Waals surface area (Å²) >= 11 is 6.13. The van der Waals surface area contributed by atoms with Gasteiger partial charge in [-0.3, -0.25) is 0 Å². The van der Waals surface area contributed by atoms with Crippen molar-refractivity contribution in [2.45, 2.75) is 59.1 Å². The number of esters is 1. The molecule has 3 rings (SSSR count). The molecule has 0 saturated heterocycles. The highest BCUT2D eigenvalue weighted by atomic mass is 35.5. The first-order chi connectivity index (χ1) is 15.6. The monoisotopic (exact) mass is 468 g/mol. The Hall–Kier alpha value is -3.12. The number of carbonyl (C=O) groups is 2. The third kappa shape index (κ3) is 6.02. The molecule has 3 aromatic rings. The Morgan fingerprint density at radius 2 is 1.76 bits per heavy atom. The summed E-state index contributed by atoms with van der Waals surface area (Å²) < 4.78 is 7.23. The number of carboxylic acids is 1. The van der Waals surface area contributed by atoms with Crippen LogP contribution in [0.4, 0.5) is 0 Å². The van der Waals surface area contributed by atoms with E-state index in [1.807, 2.05) is 63.2 Å². The van der Waals surface area contributed by atoms with Crippen molar-refractivity contribution in [3.8, 4) is 11.1 Å². The van der Waals surface area contributed by atoms with Gasteiger partial charge in [0.1, 0.15) is 11.4 Å². The molecule has 0 fully saturated rings. The van der Waals surface area contributed by atoms with Crippen LogP contribution in [0.1, 0.15) is 72.8 Å². The molecule has 0 amide bonds. The Labute approximate surface area is 199 Å². The molecular formula is C26H29ClN2O4. The number of aromatic carboxylic acids is 1. The van der Waals surface area contributed by atoms with E-state index in [-0.39, 0.29) is 16.8 Å². The van der Waals surface area contributed by atoms with E-state index in [0.29, 0.717) is 24.4 Å². The van der Waals surface area contributed by atoms with Crippen LogP contribution in [0.25, 0.3) is 11.1 Å². The molecule has 0 spiro atoms. The van der Waals surface area contributed by atoms with Crippen LogP contribution in [-0.2, 0) is 17.7 Å². The van der Waals surface area contributed by atoms with Crippen molar-refractivity contribution in [3.05, 3.63) is 76.3 Å². The molecule has 2 aromatic carbocycles. The zero-order chi connectivity index (χ0) is 24.2. The maximum atomic E-state index is 12.7. The van der Waals surface area contributed by atoms with Crippen LogP contribution in [0.15, 0.2) is 48.5 Å². The summed E-state index contributed by atoms with van der Waals surface area (Å²) in [5.74, 6) is -0.807. The second-order valence-corrected chi connectivity index (χ2v) is 9.26. The SMILES string of the molecule is CCCCc1nc(Cl)c(C(=O)O)n1Cc1ccc(-c2ccccc2C(=O)OC(C)(C)C)cc1. The van der Waals surface area contributed by atoms with Gasteiger partial charge < -0.3 is 14.4 Å². The van der Waals surface area contributed by atoms with Gasteiger partial charge in [-0.25, -0.2) is 14.6 Å². The minimum atomic E-state index is -1.10. The first-order valence-corrected chi connectivity index (χ1v) is 11.4. The fourth-order valence-corrected chi connectivity index (χ4v) is 3.87. The van der Waals surface area contributed by atoms with Gasteiger partial charge in [0.05, 0.1) is 5.56 Å². The number of carbonyl (C=O) groups excluding carboxylic acids is 1. The Morgan fingerprint density at radius 3 is 2.36 bits per heavy atom. The van der Waals surface area contributed by atoms with Crippen molar-refractivity contribution in [3.63, 3.8) is 0 Å². The van der Waals surface area contributed by atoms with Crippen LogP contribution in [-0.4, -0.2) is 32.2 Å². The lowest BCUT2D eigenvalue weighted by molar-refractivity contribution is 0.00702. The zero-order valence-corrected chi connectivity index (χ0v) is 20.1. The number of imidazole rings is 1. The maximum Gasteiger partial charge on any atom is 0.355 e. The fourth-order valence-electron chi connectivity index (χ4n) is 3.58. The molecule has 0 aliphatic rings. The molecule has 0 saturated carbocycles. The summed E-state index contributed by atoms with van der Waals surface area (Å²) in [5.41, 5.74) is 2.46. The molecule has 33 heavy (non-hydrogen) atoms. The van der Waals surface area contributed by atoms with Gasteiger partial charge in [-0.2, -0.15) is 0 Å². The quantitative estimate of drug-likeness (QED) is 0.395. The van der Waals surface area contributed by atoms with E-state index in [0.717, 1.165) is 29.5 Å². The normalized spacial score (nSPS) is 11.4. The molecule has 1 aromatic heterocycles.